The van der Waals surface area contributed by atoms with Gasteiger partial charge in [0.15, 0.2) is 0 Å². The van der Waals surface area contributed by atoms with Gasteiger partial charge in [0.2, 0.25) is 0 Å². The van der Waals surface area contributed by atoms with Crippen LogP contribution in [0.1, 0.15) is 5.56 Å². The van der Waals surface area contributed by atoms with Crippen LogP contribution in [0.25, 0.3) is 5.69 Å². The second kappa shape index (κ2) is 4.07. The minimum atomic E-state index is 0.491. The first-order valence-corrected chi connectivity index (χ1v) is 5.20. The summed E-state index contributed by atoms with van der Waals surface area (Å²) < 4.78 is 2.00. The van der Waals surface area contributed by atoms with Gasteiger partial charge >= 0.3 is 0 Å². The van der Waals surface area contributed by atoms with E-state index in [0.29, 0.717) is 5.88 Å². The first-order chi connectivity index (χ1) is 6.81. The van der Waals surface area contributed by atoms with Crippen LogP contribution in [-0.2, 0) is 5.88 Å². The Morgan fingerprint density at radius 2 is 1.86 bits per heavy atom. The van der Waals surface area contributed by atoms with E-state index in [2.05, 4.69) is 0 Å². The predicted octanol–water partition coefficient (Wildman–Crippen LogP) is 3.87. The highest BCUT2D eigenvalue weighted by atomic mass is 35.5. The van der Waals surface area contributed by atoms with Gasteiger partial charge in [0.05, 0.1) is 5.69 Å². The van der Waals surface area contributed by atoms with Crippen molar-refractivity contribution in [3.8, 4) is 5.69 Å². The van der Waals surface area contributed by atoms with Crippen LogP contribution in [0.2, 0.25) is 5.02 Å². The summed E-state index contributed by atoms with van der Waals surface area (Å²) in [4.78, 5) is 0. The lowest BCUT2D eigenvalue weighted by Crippen LogP contribution is -1.94. The smallest absolute Gasteiger partial charge is 0.0508 e. The van der Waals surface area contributed by atoms with Crippen LogP contribution in [0, 0.1) is 0 Å². The summed E-state index contributed by atoms with van der Waals surface area (Å²) in [5, 5.41) is 0.725. The Morgan fingerprint density at radius 1 is 1.14 bits per heavy atom. The van der Waals surface area contributed by atoms with Crippen molar-refractivity contribution < 1.29 is 0 Å². The van der Waals surface area contributed by atoms with Crippen molar-refractivity contribution in [3.05, 3.63) is 53.3 Å². The zero-order chi connectivity index (χ0) is 9.97. The van der Waals surface area contributed by atoms with Crippen LogP contribution in [0.15, 0.2) is 42.7 Å². The van der Waals surface area contributed by atoms with E-state index < -0.39 is 0 Å². The third kappa shape index (κ3) is 1.79. The van der Waals surface area contributed by atoms with Crippen molar-refractivity contribution in [2.24, 2.45) is 0 Å². The summed E-state index contributed by atoms with van der Waals surface area (Å²) >= 11 is 11.8. The number of hydrogen-bond acceptors (Lipinski definition) is 0. The largest absolute Gasteiger partial charge is 0.324 e. The second-order valence-corrected chi connectivity index (χ2v) is 3.70. The maximum atomic E-state index is 5.93. The highest BCUT2D eigenvalue weighted by molar-refractivity contribution is 6.30. The van der Waals surface area contributed by atoms with E-state index in [1.165, 1.54) is 0 Å². The maximum Gasteiger partial charge on any atom is 0.0508 e. The molecule has 1 heterocycles. The zero-order valence-electron chi connectivity index (χ0n) is 7.45. The molecule has 0 aliphatic carbocycles. The predicted molar refractivity (Wildman–Crippen MR) is 60.3 cm³/mol. The van der Waals surface area contributed by atoms with E-state index in [1.54, 1.807) is 0 Å². The van der Waals surface area contributed by atoms with Crippen LogP contribution < -0.4 is 0 Å². The first-order valence-electron chi connectivity index (χ1n) is 4.29. The summed E-state index contributed by atoms with van der Waals surface area (Å²) in [7, 11) is 0. The molecule has 1 aromatic heterocycles. The molecule has 0 radical (unpaired) electrons. The lowest BCUT2D eigenvalue weighted by Gasteiger charge is -2.08. The number of alkyl halides is 1. The summed E-state index contributed by atoms with van der Waals surface area (Å²) in [6.07, 6.45) is 3.95. The number of halogens is 2. The second-order valence-electron chi connectivity index (χ2n) is 3.00. The van der Waals surface area contributed by atoms with Crippen LogP contribution in [-0.4, -0.2) is 4.57 Å². The Bertz CT molecular complexity index is 421. The zero-order valence-corrected chi connectivity index (χ0v) is 8.96. The van der Waals surface area contributed by atoms with Gasteiger partial charge in [-0.1, -0.05) is 17.7 Å². The molecule has 0 fully saturated rings. The molecular formula is C11H9Cl2N. The summed E-state index contributed by atoms with van der Waals surface area (Å²) in [6.45, 7) is 0. The number of benzene rings is 1. The minimum Gasteiger partial charge on any atom is -0.324 e. The molecule has 0 unspecified atom stereocenters. The molecule has 0 atom stereocenters. The van der Waals surface area contributed by atoms with E-state index >= 15 is 0 Å². The molecule has 72 valence electrons. The van der Waals surface area contributed by atoms with Crippen molar-refractivity contribution in [1.29, 1.82) is 0 Å². The van der Waals surface area contributed by atoms with E-state index in [4.69, 9.17) is 23.2 Å². The maximum absolute atomic E-state index is 5.93. The van der Waals surface area contributed by atoms with E-state index in [-0.39, 0.29) is 0 Å². The lowest BCUT2D eigenvalue weighted by molar-refractivity contribution is 1.05. The molecule has 0 spiro atoms. The fraction of sp³-hybridized carbons (Fsp3) is 0.0909. The average molecular weight is 226 g/mol. The number of aromatic nitrogens is 1. The highest BCUT2D eigenvalue weighted by Crippen LogP contribution is 2.21. The lowest BCUT2D eigenvalue weighted by atomic mass is 10.2. The summed E-state index contributed by atoms with van der Waals surface area (Å²) in [5.74, 6) is 0.491. The number of rotatable bonds is 2. The number of nitrogens with zero attached hydrogens (tertiary/aromatic N) is 1. The van der Waals surface area contributed by atoms with Crippen LogP contribution in [0.3, 0.4) is 0 Å². The van der Waals surface area contributed by atoms with E-state index in [9.17, 15) is 0 Å². The molecular weight excluding hydrogens is 217 g/mol. The highest BCUT2D eigenvalue weighted by Gasteiger charge is 2.03. The van der Waals surface area contributed by atoms with Crippen molar-refractivity contribution in [2.45, 2.75) is 5.88 Å². The summed E-state index contributed by atoms with van der Waals surface area (Å²) in [5.41, 5.74) is 2.12. The standard InChI is InChI=1S/C11H9Cl2N/c12-8-9-3-4-10(13)7-11(9)14-5-1-2-6-14/h1-7H,8H2. The normalized spacial score (nSPS) is 10.4. The quantitative estimate of drug-likeness (QED) is 0.685. The van der Waals surface area contributed by atoms with Gasteiger partial charge in [0, 0.05) is 23.3 Å². The average Bonchev–Trinajstić information content (AvgIpc) is 2.70. The van der Waals surface area contributed by atoms with Gasteiger partial charge < -0.3 is 4.57 Å². The molecule has 0 aliphatic rings. The topological polar surface area (TPSA) is 4.93 Å². The van der Waals surface area contributed by atoms with E-state index in [1.807, 2.05) is 47.3 Å². The van der Waals surface area contributed by atoms with Crippen molar-refractivity contribution >= 4 is 23.2 Å². The number of hydrogen-bond donors (Lipinski definition) is 0. The van der Waals surface area contributed by atoms with Gasteiger partial charge in [-0.15, -0.1) is 11.6 Å². The van der Waals surface area contributed by atoms with Gasteiger partial charge in [0.1, 0.15) is 0 Å². The Labute approximate surface area is 92.9 Å². The van der Waals surface area contributed by atoms with Crippen LogP contribution >= 0.6 is 23.2 Å². The molecule has 1 nitrogen and oxygen atoms in total. The molecule has 0 aliphatic heterocycles. The Morgan fingerprint density at radius 3 is 2.50 bits per heavy atom. The van der Waals surface area contributed by atoms with Gasteiger partial charge in [-0.2, -0.15) is 0 Å². The van der Waals surface area contributed by atoms with Gasteiger partial charge in [-0.25, -0.2) is 0 Å². The SMILES string of the molecule is ClCc1ccc(Cl)cc1-n1cccc1. The van der Waals surface area contributed by atoms with Crippen LogP contribution in [0.5, 0.6) is 0 Å². The van der Waals surface area contributed by atoms with E-state index in [0.717, 1.165) is 16.3 Å². The molecule has 2 rings (SSSR count). The third-order valence-corrected chi connectivity index (χ3v) is 2.60. The fourth-order valence-electron chi connectivity index (χ4n) is 1.39. The molecule has 0 saturated carbocycles. The molecule has 2 aromatic rings. The third-order valence-electron chi connectivity index (χ3n) is 2.07. The molecule has 14 heavy (non-hydrogen) atoms. The van der Waals surface area contributed by atoms with Crippen LogP contribution in [0.4, 0.5) is 0 Å². The Balaban J connectivity index is 2.55. The molecule has 0 N–H and O–H groups in total. The van der Waals surface area contributed by atoms with Gasteiger partial charge in [0.25, 0.3) is 0 Å². The summed E-state index contributed by atoms with van der Waals surface area (Å²) in [6, 6.07) is 9.66. The molecule has 1 aromatic carbocycles. The Hall–Kier alpha value is -0.920. The minimum absolute atomic E-state index is 0.491. The fourth-order valence-corrected chi connectivity index (χ4v) is 1.78. The van der Waals surface area contributed by atoms with Crippen molar-refractivity contribution in [1.82, 2.24) is 4.57 Å². The van der Waals surface area contributed by atoms with Crippen molar-refractivity contribution in [2.75, 3.05) is 0 Å². The molecule has 3 heteroatoms. The van der Waals surface area contributed by atoms with Gasteiger partial charge in [-0.3, -0.25) is 0 Å². The van der Waals surface area contributed by atoms with Crippen molar-refractivity contribution in [3.63, 3.8) is 0 Å². The molecule has 0 bridgehead atoms. The molecule has 0 saturated heterocycles. The van der Waals surface area contributed by atoms with Gasteiger partial charge in [-0.05, 0) is 29.8 Å². The first kappa shape index (κ1) is 9.63. The Kier molecular flexibility index (Phi) is 2.80. The molecule has 0 amide bonds. The monoisotopic (exact) mass is 225 g/mol.